The van der Waals surface area contributed by atoms with E-state index in [4.69, 9.17) is 4.74 Å². The fourth-order valence-corrected chi connectivity index (χ4v) is 2.58. The largest absolute Gasteiger partial charge is 0.483 e. The van der Waals surface area contributed by atoms with E-state index in [1.165, 1.54) is 5.56 Å². The maximum Gasteiger partial charge on any atom is 0.262 e. The van der Waals surface area contributed by atoms with Gasteiger partial charge in [0.2, 0.25) is 0 Å². The first-order valence-electron chi connectivity index (χ1n) is 7.45. The zero-order valence-corrected chi connectivity index (χ0v) is 13.9. The van der Waals surface area contributed by atoms with Crippen molar-refractivity contribution in [2.45, 2.75) is 34.6 Å². The summed E-state index contributed by atoms with van der Waals surface area (Å²) < 4.78 is 5.64. The highest BCUT2D eigenvalue weighted by atomic mass is 16.5. The van der Waals surface area contributed by atoms with Gasteiger partial charge in [-0.1, -0.05) is 29.8 Å². The van der Waals surface area contributed by atoms with Crippen molar-refractivity contribution in [1.29, 1.82) is 0 Å². The molecule has 0 saturated heterocycles. The number of hydrogen-bond acceptors (Lipinski definition) is 2. The molecule has 3 nitrogen and oxygen atoms in total. The Balaban J connectivity index is 2.04. The van der Waals surface area contributed by atoms with Gasteiger partial charge in [-0.15, -0.1) is 0 Å². The minimum Gasteiger partial charge on any atom is -0.483 e. The second-order valence-corrected chi connectivity index (χ2v) is 5.81. The molecule has 0 aliphatic carbocycles. The highest BCUT2D eigenvalue weighted by Crippen LogP contribution is 2.23. The van der Waals surface area contributed by atoms with Gasteiger partial charge in [0, 0.05) is 5.69 Å². The molecule has 0 atom stereocenters. The molecule has 0 unspecified atom stereocenters. The van der Waals surface area contributed by atoms with Gasteiger partial charge in [-0.05, 0) is 62.9 Å². The van der Waals surface area contributed by atoms with Crippen molar-refractivity contribution in [3.05, 3.63) is 58.1 Å². The van der Waals surface area contributed by atoms with Gasteiger partial charge in [0.1, 0.15) is 5.75 Å². The molecule has 1 amide bonds. The first kappa shape index (κ1) is 16.1. The number of amides is 1. The van der Waals surface area contributed by atoms with Crippen LogP contribution in [0.4, 0.5) is 5.69 Å². The molecule has 0 aliphatic heterocycles. The minimum atomic E-state index is -0.143. The number of nitrogens with one attached hydrogen (secondary N) is 1. The summed E-state index contributed by atoms with van der Waals surface area (Å²) in [4.78, 5) is 12.1. The monoisotopic (exact) mass is 297 g/mol. The van der Waals surface area contributed by atoms with Crippen LogP contribution in [0.15, 0.2) is 30.3 Å². The molecule has 0 fully saturated rings. The van der Waals surface area contributed by atoms with Crippen molar-refractivity contribution in [3.8, 4) is 5.75 Å². The molecule has 0 aromatic heterocycles. The van der Waals surface area contributed by atoms with E-state index in [1.807, 2.05) is 45.9 Å². The topological polar surface area (TPSA) is 38.3 Å². The van der Waals surface area contributed by atoms with Gasteiger partial charge in [-0.2, -0.15) is 0 Å². The van der Waals surface area contributed by atoms with Crippen LogP contribution < -0.4 is 10.1 Å². The zero-order chi connectivity index (χ0) is 16.3. The van der Waals surface area contributed by atoms with Crippen LogP contribution in [0.3, 0.4) is 0 Å². The lowest BCUT2D eigenvalue weighted by molar-refractivity contribution is -0.118. The Morgan fingerprint density at radius 3 is 2.27 bits per heavy atom. The highest BCUT2D eigenvalue weighted by Gasteiger charge is 2.10. The summed E-state index contributed by atoms with van der Waals surface area (Å²) in [7, 11) is 0. The van der Waals surface area contributed by atoms with E-state index in [0.29, 0.717) is 0 Å². The normalized spacial score (nSPS) is 10.4. The summed E-state index contributed by atoms with van der Waals surface area (Å²) in [6, 6.07) is 9.98. The maximum atomic E-state index is 12.1. The molecule has 3 heteroatoms. The Morgan fingerprint density at radius 2 is 1.64 bits per heavy atom. The SMILES string of the molecule is Cc1cc(C)c(NC(=O)COc2cccc(C)c2C)c(C)c1. The van der Waals surface area contributed by atoms with Gasteiger partial charge in [0.05, 0.1) is 0 Å². The number of aryl methyl sites for hydroxylation is 4. The van der Waals surface area contributed by atoms with Gasteiger partial charge in [0.15, 0.2) is 6.61 Å². The quantitative estimate of drug-likeness (QED) is 0.916. The van der Waals surface area contributed by atoms with Crippen molar-refractivity contribution in [2.75, 3.05) is 11.9 Å². The lowest BCUT2D eigenvalue weighted by Crippen LogP contribution is -2.21. The third kappa shape index (κ3) is 3.67. The number of anilines is 1. The summed E-state index contributed by atoms with van der Waals surface area (Å²) >= 11 is 0. The van der Waals surface area contributed by atoms with Crippen LogP contribution in [-0.2, 0) is 4.79 Å². The van der Waals surface area contributed by atoms with E-state index in [1.54, 1.807) is 0 Å². The Morgan fingerprint density at radius 1 is 1.00 bits per heavy atom. The van der Waals surface area contributed by atoms with Crippen LogP contribution in [0, 0.1) is 34.6 Å². The highest BCUT2D eigenvalue weighted by molar-refractivity contribution is 5.93. The average molecular weight is 297 g/mol. The predicted octanol–water partition coefficient (Wildman–Crippen LogP) is 4.25. The fraction of sp³-hybridized carbons (Fsp3) is 0.316. The van der Waals surface area contributed by atoms with E-state index in [9.17, 15) is 4.79 Å². The number of hydrogen-bond donors (Lipinski definition) is 1. The molecule has 1 N–H and O–H groups in total. The van der Waals surface area contributed by atoms with Gasteiger partial charge in [-0.25, -0.2) is 0 Å². The van der Waals surface area contributed by atoms with Crippen molar-refractivity contribution >= 4 is 11.6 Å². The predicted molar refractivity (Wildman–Crippen MR) is 90.7 cm³/mol. The van der Waals surface area contributed by atoms with Crippen molar-refractivity contribution < 1.29 is 9.53 Å². The van der Waals surface area contributed by atoms with E-state index >= 15 is 0 Å². The van der Waals surface area contributed by atoms with Gasteiger partial charge in [0.25, 0.3) is 5.91 Å². The molecule has 0 heterocycles. The average Bonchev–Trinajstić information content (AvgIpc) is 2.44. The van der Waals surface area contributed by atoms with E-state index in [-0.39, 0.29) is 12.5 Å². The van der Waals surface area contributed by atoms with Crippen LogP contribution in [-0.4, -0.2) is 12.5 Å². The first-order chi connectivity index (χ1) is 10.4. The van der Waals surface area contributed by atoms with Gasteiger partial charge >= 0.3 is 0 Å². The molecule has 0 saturated carbocycles. The molecule has 0 radical (unpaired) electrons. The van der Waals surface area contributed by atoms with Crippen molar-refractivity contribution in [3.63, 3.8) is 0 Å². The molecule has 116 valence electrons. The second kappa shape index (κ2) is 6.65. The van der Waals surface area contributed by atoms with Gasteiger partial charge in [-0.3, -0.25) is 4.79 Å². The maximum absolute atomic E-state index is 12.1. The Labute approximate surface area is 132 Å². The van der Waals surface area contributed by atoms with Crippen LogP contribution >= 0.6 is 0 Å². The molecular weight excluding hydrogens is 274 g/mol. The van der Waals surface area contributed by atoms with E-state index in [2.05, 4.69) is 24.4 Å². The standard InChI is InChI=1S/C19H23NO2/c1-12-9-14(3)19(15(4)10-12)20-18(21)11-22-17-8-6-7-13(2)16(17)5/h6-10H,11H2,1-5H3,(H,20,21). The van der Waals surface area contributed by atoms with E-state index < -0.39 is 0 Å². The Hall–Kier alpha value is -2.29. The molecule has 0 bridgehead atoms. The van der Waals surface area contributed by atoms with Gasteiger partial charge < -0.3 is 10.1 Å². The number of benzene rings is 2. The number of ether oxygens (including phenoxy) is 1. The third-order valence-corrected chi connectivity index (χ3v) is 3.86. The summed E-state index contributed by atoms with van der Waals surface area (Å²) in [6.45, 7) is 10.1. The summed E-state index contributed by atoms with van der Waals surface area (Å²) in [5.41, 5.74) is 6.43. The van der Waals surface area contributed by atoms with Crippen LogP contribution in [0.25, 0.3) is 0 Å². The molecular formula is C19H23NO2. The minimum absolute atomic E-state index is 0.0110. The van der Waals surface area contributed by atoms with Crippen LogP contribution in [0.5, 0.6) is 5.75 Å². The lowest BCUT2D eigenvalue weighted by atomic mass is 10.1. The number of rotatable bonds is 4. The summed E-state index contributed by atoms with van der Waals surface area (Å²) in [5.74, 6) is 0.614. The fourth-order valence-electron chi connectivity index (χ4n) is 2.58. The number of carbonyl (C=O) groups is 1. The first-order valence-corrected chi connectivity index (χ1v) is 7.45. The van der Waals surface area contributed by atoms with Crippen LogP contribution in [0.2, 0.25) is 0 Å². The van der Waals surface area contributed by atoms with Crippen molar-refractivity contribution in [2.24, 2.45) is 0 Å². The summed E-state index contributed by atoms with van der Waals surface area (Å²) in [6.07, 6.45) is 0. The number of carbonyl (C=O) groups excluding carboxylic acids is 1. The second-order valence-electron chi connectivity index (χ2n) is 5.81. The third-order valence-electron chi connectivity index (χ3n) is 3.86. The molecule has 0 aliphatic rings. The summed E-state index contributed by atoms with van der Waals surface area (Å²) in [5, 5.41) is 2.95. The lowest BCUT2D eigenvalue weighted by Gasteiger charge is -2.14. The molecule has 2 aromatic carbocycles. The zero-order valence-electron chi connectivity index (χ0n) is 13.9. The van der Waals surface area contributed by atoms with Crippen molar-refractivity contribution in [1.82, 2.24) is 0 Å². The molecule has 22 heavy (non-hydrogen) atoms. The smallest absolute Gasteiger partial charge is 0.262 e. The molecule has 2 aromatic rings. The van der Waals surface area contributed by atoms with Crippen LogP contribution in [0.1, 0.15) is 27.8 Å². The Kier molecular flexibility index (Phi) is 4.86. The molecule has 0 spiro atoms. The molecule has 2 rings (SSSR count). The van der Waals surface area contributed by atoms with E-state index in [0.717, 1.165) is 33.7 Å². The Bertz CT molecular complexity index is 682.